The molecule has 1 aliphatic heterocycles. The number of benzene rings is 1. The average molecular weight is 229 g/mol. The highest BCUT2D eigenvalue weighted by Crippen LogP contribution is 2.15. The van der Waals surface area contributed by atoms with Crippen LogP contribution < -0.4 is 10.6 Å². The number of hydrogen-bond acceptors (Lipinski definition) is 3. The fraction of sp³-hybridized carbons (Fsp3) is 0.385. The zero-order chi connectivity index (χ0) is 12.1. The third-order valence-corrected chi connectivity index (χ3v) is 2.93. The van der Waals surface area contributed by atoms with Crippen LogP contribution in [0.1, 0.15) is 24.8 Å². The fourth-order valence-electron chi connectivity index (χ4n) is 1.99. The Labute approximate surface area is 101 Å². The van der Waals surface area contributed by atoms with Crippen molar-refractivity contribution in [2.45, 2.75) is 25.3 Å². The van der Waals surface area contributed by atoms with Crippen molar-refractivity contribution in [2.75, 3.05) is 11.9 Å². The molecule has 0 saturated carbocycles. The van der Waals surface area contributed by atoms with Crippen molar-refractivity contribution in [1.29, 1.82) is 5.26 Å². The predicted molar refractivity (Wildman–Crippen MR) is 65.4 cm³/mol. The van der Waals surface area contributed by atoms with Gasteiger partial charge in [-0.25, -0.2) is 0 Å². The number of hydrogen-bond donors (Lipinski definition) is 2. The average Bonchev–Trinajstić information content (AvgIpc) is 2.40. The van der Waals surface area contributed by atoms with Crippen LogP contribution in [0.25, 0.3) is 0 Å². The predicted octanol–water partition coefficient (Wildman–Crippen LogP) is 1.64. The van der Waals surface area contributed by atoms with Crippen LogP contribution in [0.5, 0.6) is 0 Å². The molecule has 2 N–H and O–H groups in total. The Balaban J connectivity index is 2.05. The van der Waals surface area contributed by atoms with E-state index in [0.717, 1.165) is 25.8 Å². The molecule has 0 aromatic heterocycles. The second-order valence-corrected chi connectivity index (χ2v) is 4.15. The summed E-state index contributed by atoms with van der Waals surface area (Å²) >= 11 is 0. The molecule has 4 heteroatoms. The van der Waals surface area contributed by atoms with Gasteiger partial charge in [-0.15, -0.1) is 0 Å². The highest BCUT2D eigenvalue weighted by Gasteiger charge is 2.20. The number of para-hydroxylation sites is 1. The molecule has 0 bridgehead atoms. The molecular weight excluding hydrogens is 214 g/mol. The topological polar surface area (TPSA) is 64.9 Å². The molecule has 0 unspecified atom stereocenters. The third kappa shape index (κ3) is 2.83. The lowest BCUT2D eigenvalue weighted by atomic mass is 10.0. The summed E-state index contributed by atoms with van der Waals surface area (Å²) < 4.78 is 0. The van der Waals surface area contributed by atoms with E-state index in [2.05, 4.69) is 16.7 Å². The molecule has 0 radical (unpaired) electrons. The van der Waals surface area contributed by atoms with Gasteiger partial charge in [0.05, 0.1) is 17.3 Å². The highest BCUT2D eigenvalue weighted by molar-refractivity contribution is 5.95. The SMILES string of the molecule is N#Cc1ccccc1NC(=O)[C@H]1CCCCN1. The van der Waals surface area contributed by atoms with Crippen molar-refractivity contribution >= 4 is 11.6 Å². The van der Waals surface area contributed by atoms with Gasteiger partial charge in [0, 0.05) is 0 Å². The van der Waals surface area contributed by atoms with Crippen LogP contribution in [0, 0.1) is 11.3 Å². The number of anilines is 1. The molecule has 0 spiro atoms. The van der Waals surface area contributed by atoms with Gasteiger partial charge in [0.1, 0.15) is 6.07 Å². The number of carbonyl (C=O) groups excluding carboxylic acids is 1. The van der Waals surface area contributed by atoms with E-state index in [1.807, 2.05) is 6.07 Å². The van der Waals surface area contributed by atoms with Gasteiger partial charge in [0.25, 0.3) is 0 Å². The van der Waals surface area contributed by atoms with Crippen LogP contribution in [0.2, 0.25) is 0 Å². The summed E-state index contributed by atoms with van der Waals surface area (Å²) in [6.45, 7) is 0.887. The molecule has 17 heavy (non-hydrogen) atoms. The van der Waals surface area contributed by atoms with E-state index in [1.165, 1.54) is 0 Å². The van der Waals surface area contributed by atoms with Gasteiger partial charge in [-0.2, -0.15) is 5.26 Å². The van der Waals surface area contributed by atoms with Gasteiger partial charge >= 0.3 is 0 Å². The molecule has 4 nitrogen and oxygen atoms in total. The Bertz CT molecular complexity index is 444. The molecule has 1 saturated heterocycles. The molecular formula is C13H15N3O. The lowest BCUT2D eigenvalue weighted by Crippen LogP contribution is -2.43. The van der Waals surface area contributed by atoms with Crippen molar-refractivity contribution in [3.05, 3.63) is 29.8 Å². The quantitative estimate of drug-likeness (QED) is 0.810. The molecule has 1 aromatic carbocycles. The highest BCUT2D eigenvalue weighted by atomic mass is 16.2. The van der Waals surface area contributed by atoms with E-state index in [-0.39, 0.29) is 11.9 Å². The lowest BCUT2D eigenvalue weighted by Gasteiger charge is -2.22. The van der Waals surface area contributed by atoms with Gasteiger partial charge in [0.2, 0.25) is 5.91 Å². The van der Waals surface area contributed by atoms with Crippen molar-refractivity contribution < 1.29 is 4.79 Å². The van der Waals surface area contributed by atoms with E-state index in [4.69, 9.17) is 5.26 Å². The Morgan fingerprint density at radius 1 is 1.41 bits per heavy atom. The minimum Gasteiger partial charge on any atom is -0.324 e. The third-order valence-electron chi connectivity index (χ3n) is 2.93. The summed E-state index contributed by atoms with van der Waals surface area (Å²) in [5.41, 5.74) is 1.09. The maximum absolute atomic E-state index is 12.0. The first-order valence-corrected chi connectivity index (χ1v) is 5.84. The van der Waals surface area contributed by atoms with E-state index in [9.17, 15) is 4.79 Å². The van der Waals surface area contributed by atoms with Gasteiger partial charge in [-0.3, -0.25) is 4.79 Å². The summed E-state index contributed by atoms with van der Waals surface area (Å²) in [4.78, 5) is 12.0. The maximum atomic E-state index is 12.0. The first kappa shape index (κ1) is 11.6. The van der Waals surface area contributed by atoms with Crippen LogP contribution in [0.15, 0.2) is 24.3 Å². The number of nitrogens with zero attached hydrogens (tertiary/aromatic N) is 1. The molecule has 1 aliphatic rings. The fourth-order valence-corrected chi connectivity index (χ4v) is 1.99. The zero-order valence-electron chi connectivity index (χ0n) is 9.57. The smallest absolute Gasteiger partial charge is 0.241 e. The van der Waals surface area contributed by atoms with Crippen LogP contribution >= 0.6 is 0 Å². The Morgan fingerprint density at radius 3 is 2.94 bits per heavy atom. The van der Waals surface area contributed by atoms with Gasteiger partial charge in [-0.1, -0.05) is 18.6 Å². The molecule has 1 atom stereocenters. The number of piperidine rings is 1. The summed E-state index contributed by atoms with van der Waals surface area (Å²) in [7, 11) is 0. The summed E-state index contributed by atoms with van der Waals surface area (Å²) in [5, 5.41) is 14.9. The molecule has 0 aliphatic carbocycles. The van der Waals surface area contributed by atoms with E-state index in [0.29, 0.717) is 11.3 Å². The number of rotatable bonds is 2. The van der Waals surface area contributed by atoms with Crippen LogP contribution in [0.4, 0.5) is 5.69 Å². The van der Waals surface area contributed by atoms with E-state index < -0.39 is 0 Å². The normalized spacial score (nSPS) is 19.4. The molecule has 1 amide bonds. The number of amides is 1. The van der Waals surface area contributed by atoms with Gasteiger partial charge in [0.15, 0.2) is 0 Å². The largest absolute Gasteiger partial charge is 0.324 e. The van der Waals surface area contributed by atoms with Crippen LogP contribution in [0.3, 0.4) is 0 Å². The molecule has 88 valence electrons. The van der Waals surface area contributed by atoms with E-state index in [1.54, 1.807) is 18.2 Å². The van der Waals surface area contributed by atoms with Crippen molar-refractivity contribution in [3.8, 4) is 6.07 Å². The first-order valence-electron chi connectivity index (χ1n) is 5.84. The minimum atomic E-state index is -0.129. The monoisotopic (exact) mass is 229 g/mol. The standard InChI is InChI=1S/C13H15N3O/c14-9-10-5-1-2-6-11(10)16-13(17)12-7-3-4-8-15-12/h1-2,5-6,12,15H,3-4,7-8H2,(H,16,17)/t12-/m1/s1. The molecule has 1 aromatic rings. The van der Waals surface area contributed by atoms with Gasteiger partial charge < -0.3 is 10.6 Å². The van der Waals surface area contributed by atoms with Gasteiger partial charge in [-0.05, 0) is 31.5 Å². The second kappa shape index (κ2) is 5.46. The minimum absolute atomic E-state index is 0.0487. The first-order chi connectivity index (χ1) is 8.31. The number of nitrogens with one attached hydrogen (secondary N) is 2. The maximum Gasteiger partial charge on any atom is 0.241 e. The van der Waals surface area contributed by atoms with Crippen LogP contribution in [-0.4, -0.2) is 18.5 Å². The Hall–Kier alpha value is -1.86. The number of nitriles is 1. The molecule has 1 heterocycles. The van der Waals surface area contributed by atoms with E-state index >= 15 is 0 Å². The lowest BCUT2D eigenvalue weighted by molar-refractivity contribution is -0.118. The summed E-state index contributed by atoms with van der Waals surface area (Å²) in [6.07, 6.45) is 3.06. The van der Waals surface area contributed by atoms with Crippen molar-refractivity contribution in [2.24, 2.45) is 0 Å². The summed E-state index contributed by atoms with van der Waals surface area (Å²) in [6, 6.07) is 8.98. The van der Waals surface area contributed by atoms with Crippen LogP contribution in [-0.2, 0) is 4.79 Å². The second-order valence-electron chi connectivity index (χ2n) is 4.15. The Morgan fingerprint density at radius 2 is 2.24 bits per heavy atom. The van der Waals surface area contributed by atoms with Crippen molar-refractivity contribution in [3.63, 3.8) is 0 Å². The number of carbonyl (C=O) groups is 1. The zero-order valence-corrected chi connectivity index (χ0v) is 9.57. The molecule has 2 rings (SSSR count). The summed E-state index contributed by atoms with van der Waals surface area (Å²) in [5.74, 6) is -0.0487. The van der Waals surface area contributed by atoms with Crippen molar-refractivity contribution in [1.82, 2.24) is 5.32 Å². The molecule has 1 fully saturated rings. The Kier molecular flexibility index (Phi) is 3.73.